The monoisotopic (exact) mass is 176 g/mol. The molecule has 5 nitrogen and oxygen atoms in total. The maximum atomic E-state index is 9.12. The fourth-order valence-electron chi connectivity index (χ4n) is 1.24. The van der Waals surface area contributed by atoms with Gasteiger partial charge in [0.05, 0.1) is 12.7 Å². The second-order valence-electron chi connectivity index (χ2n) is 2.90. The molecule has 70 valence electrons. The summed E-state index contributed by atoms with van der Waals surface area (Å²) < 4.78 is 0. The molecule has 0 heterocycles. The molecule has 5 N–H and O–H groups in total. The number of hydrogen-bond donors (Lipinski definition) is 5. The third kappa shape index (κ3) is 1.38. The molecule has 1 rings (SSSR count). The molecule has 0 aromatic rings. The van der Waals surface area contributed by atoms with E-state index in [9.17, 15) is 0 Å². The summed E-state index contributed by atoms with van der Waals surface area (Å²) in [6, 6.07) is 0. The van der Waals surface area contributed by atoms with E-state index in [2.05, 4.69) is 0 Å². The van der Waals surface area contributed by atoms with Crippen molar-refractivity contribution in [2.45, 2.75) is 18.6 Å². The molecule has 0 aromatic heterocycles. The molecule has 0 bridgehead atoms. The number of aliphatic hydroxyl groups excluding tert-OH is 5. The maximum absolute atomic E-state index is 9.12. The van der Waals surface area contributed by atoms with E-state index >= 15 is 0 Å². The summed E-state index contributed by atoms with van der Waals surface area (Å²) in [6.07, 6.45) is -2.51. The predicted octanol–water partition coefficient (Wildman–Crippen LogP) is -0.952. The van der Waals surface area contributed by atoms with Crippen molar-refractivity contribution in [3.05, 3.63) is 11.5 Å². The Morgan fingerprint density at radius 3 is 2.25 bits per heavy atom. The Morgan fingerprint density at radius 2 is 1.75 bits per heavy atom. The largest absolute Gasteiger partial charge is 0.508 e. The van der Waals surface area contributed by atoms with Crippen molar-refractivity contribution in [2.75, 3.05) is 6.61 Å². The lowest BCUT2D eigenvalue weighted by Gasteiger charge is -2.28. The van der Waals surface area contributed by atoms with Gasteiger partial charge in [0.2, 0.25) is 0 Å². The van der Waals surface area contributed by atoms with E-state index in [1.807, 2.05) is 0 Å². The third-order valence-electron chi connectivity index (χ3n) is 2.04. The van der Waals surface area contributed by atoms with Crippen LogP contribution < -0.4 is 0 Å². The molecule has 1 unspecified atom stereocenters. The summed E-state index contributed by atoms with van der Waals surface area (Å²) >= 11 is 0. The van der Waals surface area contributed by atoms with Gasteiger partial charge in [0.15, 0.2) is 5.76 Å². The van der Waals surface area contributed by atoms with Crippen molar-refractivity contribution in [3.8, 4) is 0 Å². The summed E-state index contributed by atoms with van der Waals surface area (Å²) in [4.78, 5) is 0. The molecule has 0 aliphatic heterocycles. The second-order valence-corrected chi connectivity index (χ2v) is 2.90. The highest BCUT2D eigenvalue weighted by atomic mass is 16.4. The van der Waals surface area contributed by atoms with Crippen molar-refractivity contribution in [3.63, 3.8) is 0 Å². The van der Waals surface area contributed by atoms with Gasteiger partial charge in [-0.2, -0.15) is 0 Å². The van der Waals surface area contributed by atoms with Crippen LogP contribution in [0.4, 0.5) is 0 Å². The molecule has 0 saturated heterocycles. The first-order chi connectivity index (χ1) is 5.57. The van der Waals surface area contributed by atoms with Crippen LogP contribution in [0, 0.1) is 5.92 Å². The number of aliphatic hydroxyl groups is 5. The van der Waals surface area contributed by atoms with Crippen molar-refractivity contribution < 1.29 is 25.5 Å². The van der Waals surface area contributed by atoms with Gasteiger partial charge in [0.25, 0.3) is 0 Å². The van der Waals surface area contributed by atoms with Crippen molar-refractivity contribution in [1.29, 1.82) is 0 Å². The topological polar surface area (TPSA) is 101 Å². The molecule has 0 spiro atoms. The van der Waals surface area contributed by atoms with Gasteiger partial charge in [-0.25, -0.2) is 0 Å². The first kappa shape index (κ1) is 9.31. The quantitative estimate of drug-likeness (QED) is 0.354. The SMILES string of the molecule is OCC1C[C@H](O)[C@@H](O)C(O)=C1O. The van der Waals surface area contributed by atoms with Crippen LogP contribution in [-0.2, 0) is 0 Å². The summed E-state index contributed by atoms with van der Waals surface area (Å²) in [6.45, 7) is -0.361. The van der Waals surface area contributed by atoms with Gasteiger partial charge >= 0.3 is 0 Å². The van der Waals surface area contributed by atoms with Crippen LogP contribution in [-0.4, -0.2) is 44.3 Å². The van der Waals surface area contributed by atoms with Crippen LogP contribution in [0.5, 0.6) is 0 Å². The molecular formula is C7H12O5. The zero-order chi connectivity index (χ0) is 9.30. The predicted molar refractivity (Wildman–Crippen MR) is 39.5 cm³/mol. The van der Waals surface area contributed by atoms with E-state index in [1.165, 1.54) is 0 Å². The summed E-state index contributed by atoms with van der Waals surface area (Å²) in [5.74, 6) is -1.76. The van der Waals surface area contributed by atoms with Crippen LogP contribution >= 0.6 is 0 Å². The van der Waals surface area contributed by atoms with Gasteiger partial charge in [-0.1, -0.05) is 0 Å². The Bertz CT molecular complexity index is 196. The lowest BCUT2D eigenvalue weighted by molar-refractivity contribution is -0.0244. The van der Waals surface area contributed by atoms with E-state index in [1.54, 1.807) is 0 Å². The average Bonchev–Trinajstić information content (AvgIpc) is 2.08. The molecule has 3 atom stereocenters. The minimum Gasteiger partial charge on any atom is -0.508 e. The Morgan fingerprint density at radius 1 is 1.17 bits per heavy atom. The molecule has 1 aliphatic rings. The van der Waals surface area contributed by atoms with E-state index in [4.69, 9.17) is 25.5 Å². The molecule has 12 heavy (non-hydrogen) atoms. The molecule has 5 heteroatoms. The maximum Gasteiger partial charge on any atom is 0.161 e. The first-order valence-electron chi connectivity index (χ1n) is 3.67. The fraction of sp³-hybridized carbons (Fsp3) is 0.714. The van der Waals surface area contributed by atoms with E-state index in [0.717, 1.165) is 0 Å². The lowest BCUT2D eigenvalue weighted by atomic mass is 9.89. The van der Waals surface area contributed by atoms with Gasteiger partial charge in [-0.15, -0.1) is 0 Å². The van der Waals surface area contributed by atoms with Crippen LogP contribution in [0.2, 0.25) is 0 Å². The van der Waals surface area contributed by atoms with Crippen LogP contribution in [0.15, 0.2) is 11.5 Å². The van der Waals surface area contributed by atoms with Gasteiger partial charge in [0, 0.05) is 5.92 Å². The highest BCUT2D eigenvalue weighted by molar-refractivity contribution is 5.14. The first-order valence-corrected chi connectivity index (χ1v) is 3.67. The van der Waals surface area contributed by atoms with Gasteiger partial charge < -0.3 is 25.5 Å². The lowest BCUT2D eigenvalue weighted by Crippen LogP contribution is -2.37. The Hall–Kier alpha value is -0.780. The number of hydrogen-bond acceptors (Lipinski definition) is 5. The molecule has 0 saturated carbocycles. The highest BCUT2D eigenvalue weighted by Gasteiger charge is 2.34. The van der Waals surface area contributed by atoms with Crippen LogP contribution in [0.3, 0.4) is 0 Å². The Kier molecular flexibility index (Phi) is 2.56. The Labute approximate surface area is 69.2 Å². The molecule has 0 radical (unpaired) electrons. The van der Waals surface area contributed by atoms with E-state index in [0.29, 0.717) is 0 Å². The minimum atomic E-state index is -1.44. The van der Waals surface area contributed by atoms with Crippen molar-refractivity contribution >= 4 is 0 Å². The molecular weight excluding hydrogens is 164 g/mol. The fourth-order valence-corrected chi connectivity index (χ4v) is 1.24. The van der Waals surface area contributed by atoms with E-state index < -0.39 is 29.6 Å². The summed E-state index contributed by atoms with van der Waals surface area (Å²) in [5, 5.41) is 45.0. The molecule has 0 aromatic carbocycles. The van der Waals surface area contributed by atoms with Crippen LogP contribution in [0.1, 0.15) is 6.42 Å². The summed E-state index contributed by atoms with van der Waals surface area (Å²) in [5.41, 5.74) is 0. The highest BCUT2D eigenvalue weighted by Crippen LogP contribution is 2.27. The van der Waals surface area contributed by atoms with Crippen LogP contribution in [0.25, 0.3) is 0 Å². The molecule has 0 fully saturated rings. The minimum absolute atomic E-state index is 0.0492. The smallest absolute Gasteiger partial charge is 0.161 e. The van der Waals surface area contributed by atoms with Gasteiger partial charge in [-0.3, -0.25) is 0 Å². The van der Waals surface area contributed by atoms with Gasteiger partial charge in [-0.05, 0) is 6.42 Å². The van der Waals surface area contributed by atoms with E-state index in [-0.39, 0.29) is 13.0 Å². The molecule has 1 aliphatic carbocycles. The summed E-state index contributed by atoms with van der Waals surface area (Å²) in [7, 11) is 0. The standard InChI is InChI=1S/C7H12O5/c8-2-3-1-4(9)6(11)7(12)5(3)10/h3-4,6,8-12H,1-2H2/t3?,4-,6+/m0/s1. The zero-order valence-electron chi connectivity index (χ0n) is 6.38. The average molecular weight is 176 g/mol. The normalized spacial score (nSPS) is 37.1. The zero-order valence-corrected chi connectivity index (χ0v) is 6.38. The Balaban J connectivity index is 2.87. The van der Waals surface area contributed by atoms with Gasteiger partial charge in [0.1, 0.15) is 11.9 Å². The van der Waals surface area contributed by atoms with Crippen molar-refractivity contribution in [1.82, 2.24) is 0 Å². The van der Waals surface area contributed by atoms with Crippen molar-refractivity contribution in [2.24, 2.45) is 5.92 Å². The number of rotatable bonds is 1. The molecule has 0 amide bonds. The second kappa shape index (κ2) is 3.30. The third-order valence-corrected chi connectivity index (χ3v) is 2.04.